The molecule has 0 unspecified atom stereocenters. The van der Waals surface area contributed by atoms with Gasteiger partial charge in [-0.25, -0.2) is 4.98 Å². The maximum atomic E-state index is 4.22. The smallest absolute Gasteiger partial charge is 0.103 e. The van der Waals surface area contributed by atoms with E-state index in [1.54, 1.807) is 0 Å². The summed E-state index contributed by atoms with van der Waals surface area (Å²) in [5.74, 6) is 0.941. The number of fused-ring (bicyclic) bond motifs is 1. The Morgan fingerprint density at radius 2 is 1.82 bits per heavy atom. The Bertz CT molecular complexity index is 686. The van der Waals surface area contributed by atoms with Crippen molar-refractivity contribution in [2.45, 2.75) is 6.92 Å². The predicted molar refractivity (Wildman–Crippen MR) is 74.0 cm³/mol. The fraction of sp³-hybridized carbons (Fsp3) is 0.0714. The summed E-state index contributed by atoms with van der Waals surface area (Å²) in [5, 5.41) is 2.47. The topological polar surface area (TPSA) is 28.7 Å². The van der Waals surface area contributed by atoms with Crippen LogP contribution in [0.2, 0.25) is 0 Å². The van der Waals surface area contributed by atoms with Crippen molar-refractivity contribution >= 4 is 26.7 Å². The lowest BCUT2D eigenvalue weighted by atomic mass is 10.1. The van der Waals surface area contributed by atoms with Crippen LogP contribution in [0.1, 0.15) is 5.82 Å². The molecule has 0 saturated carbocycles. The lowest BCUT2D eigenvalue weighted by Gasteiger charge is -2.02. The number of rotatable bonds is 1. The lowest BCUT2D eigenvalue weighted by molar-refractivity contribution is 1.15. The molecule has 1 aromatic heterocycles. The number of hydrogen-bond acceptors (Lipinski definition) is 1. The lowest BCUT2D eigenvalue weighted by Crippen LogP contribution is -1.79. The SMILES string of the molecule is Cc1ncc(-c2ccc3cc(Br)ccc3c2)[nH]1. The monoisotopic (exact) mass is 286 g/mol. The number of aromatic nitrogens is 2. The quantitative estimate of drug-likeness (QED) is 0.710. The van der Waals surface area contributed by atoms with Crippen molar-refractivity contribution in [3.05, 3.63) is 52.9 Å². The van der Waals surface area contributed by atoms with Crippen LogP contribution < -0.4 is 0 Å². The van der Waals surface area contributed by atoms with Gasteiger partial charge in [-0.2, -0.15) is 0 Å². The number of aryl methyl sites for hydroxylation is 1. The molecule has 2 aromatic carbocycles. The zero-order valence-electron chi connectivity index (χ0n) is 9.37. The first-order valence-electron chi connectivity index (χ1n) is 5.44. The summed E-state index contributed by atoms with van der Waals surface area (Å²) in [6.07, 6.45) is 1.87. The van der Waals surface area contributed by atoms with Crippen molar-refractivity contribution in [2.75, 3.05) is 0 Å². The largest absolute Gasteiger partial charge is 0.342 e. The number of nitrogens with one attached hydrogen (secondary N) is 1. The third-order valence-corrected chi connectivity index (χ3v) is 3.31. The Morgan fingerprint density at radius 3 is 2.59 bits per heavy atom. The van der Waals surface area contributed by atoms with Gasteiger partial charge in [0.25, 0.3) is 0 Å². The number of imidazole rings is 1. The van der Waals surface area contributed by atoms with Gasteiger partial charge in [0, 0.05) is 10.0 Å². The maximum Gasteiger partial charge on any atom is 0.103 e. The minimum atomic E-state index is 0.941. The highest BCUT2D eigenvalue weighted by atomic mass is 79.9. The number of hydrogen-bond donors (Lipinski definition) is 1. The second-order valence-corrected chi connectivity index (χ2v) is 5.00. The fourth-order valence-corrected chi connectivity index (χ4v) is 2.33. The number of benzene rings is 2. The first-order valence-corrected chi connectivity index (χ1v) is 6.23. The van der Waals surface area contributed by atoms with Crippen LogP contribution in [0.15, 0.2) is 47.1 Å². The van der Waals surface area contributed by atoms with Gasteiger partial charge in [0.05, 0.1) is 11.9 Å². The minimum Gasteiger partial charge on any atom is -0.342 e. The van der Waals surface area contributed by atoms with Crippen LogP contribution in [0.4, 0.5) is 0 Å². The zero-order valence-corrected chi connectivity index (χ0v) is 11.0. The number of H-pyrrole nitrogens is 1. The molecule has 0 aliphatic carbocycles. The van der Waals surface area contributed by atoms with Crippen LogP contribution in [-0.4, -0.2) is 9.97 Å². The summed E-state index contributed by atoms with van der Waals surface area (Å²) in [6.45, 7) is 1.96. The van der Waals surface area contributed by atoms with E-state index in [4.69, 9.17) is 0 Å². The molecule has 0 amide bonds. The summed E-state index contributed by atoms with van der Waals surface area (Å²) in [6, 6.07) is 12.7. The van der Waals surface area contributed by atoms with Gasteiger partial charge in [-0.3, -0.25) is 0 Å². The van der Waals surface area contributed by atoms with Crippen molar-refractivity contribution in [1.29, 1.82) is 0 Å². The molecule has 0 aliphatic rings. The Kier molecular flexibility index (Phi) is 2.48. The Hall–Kier alpha value is -1.61. The molecule has 0 radical (unpaired) electrons. The molecule has 0 bridgehead atoms. The van der Waals surface area contributed by atoms with Gasteiger partial charge in [-0.05, 0) is 35.9 Å². The summed E-state index contributed by atoms with van der Waals surface area (Å²) in [4.78, 5) is 7.47. The first-order chi connectivity index (χ1) is 8.22. The van der Waals surface area contributed by atoms with E-state index in [1.807, 2.05) is 13.1 Å². The molecule has 1 N–H and O–H groups in total. The van der Waals surface area contributed by atoms with Crippen LogP contribution in [0.25, 0.3) is 22.0 Å². The maximum absolute atomic E-state index is 4.22. The van der Waals surface area contributed by atoms with Crippen LogP contribution in [-0.2, 0) is 0 Å². The molecule has 0 aliphatic heterocycles. The molecule has 0 spiro atoms. The van der Waals surface area contributed by atoms with E-state index >= 15 is 0 Å². The molecule has 3 heteroatoms. The number of nitrogens with zero attached hydrogens (tertiary/aromatic N) is 1. The molecule has 84 valence electrons. The molecular weight excluding hydrogens is 276 g/mol. The second kappa shape index (κ2) is 4.00. The Balaban J connectivity index is 2.16. The molecule has 2 nitrogen and oxygen atoms in total. The molecule has 3 rings (SSSR count). The Labute approximate surface area is 108 Å². The second-order valence-electron chi connectivity index (χ2n) is 4.09. The summed E-state index contributed by atoms with van der Waals surface area (Å²) >= 11 is 3.48. The molecule has 1 heterocycles. The van der Waals surface area contributed by atoms with Crippen LogP contribution in [0, 0.1) is 6.92 Å². The predicted octanol–water partition coefficient (Wildman–Crippen LogP) is 4.30. The molecule has 0 saturated heterocycles. The van der Waals surface area contributed by atoms with Gasteiger partial charge in [0.15, 0.2) is 0 Å². The zero-order chi connectivity index (χ0) is 11.8. The third-order valence-electron chi connectivity index (χ3n) is 2.82. The molecule has 0 fully saturated rings. The fourth-order valence-electron chi connectivity index (χ4n) is 1.95. The average molecular weight is 287 g/mol. The van der Waals surface area contributed by atoms with Crippen molar-refractivity contribution < 1.29 is 0 Å². The highest BCUT2D eigenvalue weighted by Gasteiger charge is 2.02. The van der Waals surface area contributed by atoms with Gasteiger partial charge in [-0.15, -0.1) is 0 Å². The normalized spacial score (nSPS) is 10.9. The molecule has 17 heavy (non-hydrogen) atoms. The van der Waals surface area contributed by atoms with E-state index in [2.05, 4.69) is 62.3 Å². The Morgan fingerprint density at radius 1 is 1.06 bits per heavy atom. The van der Waals surface area contributed by atoms with Crippen molar-refractivity contribution in [3.63, 3.8) is 0 Å². The van der Waals surface area contributed by atoms with E-state index in [-0.39, 0.29) is 0 Å². The molecule has 0 atom stereocenters. The van der Waals surface area contributed by atoms with E-state index in [0.29, 0.717) is 0 Å². The van der Waals surface area contributed by atoms with E-state index in [0.717, 1.165) is 16.0 Å². The van der Waals surface area contributed by atoms with Crippen LogP contribution in [0.5, 0.6) is 0 Å². The van der Waals surface area contributed by atoms with Crippen molar-refractivity contribution in [3.8, 4) is 11.3 Å². The third kappa shape index (κ3) is 1.98. The van der Waals surface area contributed by atoms with E-state index in [1.165, 1.54) is 16.3 Å². The molecule has 3 aromatic rings. The van der Waals surface area contributed by atoms with Gasteiger partial charge in [-0.1, -0.05) is 34.1 Å². The van der Waals surface area contributed by atoms with E-state index in [9.17, 15) is 0 Å². The standard InChI is InChI=1S/C14H11BrN2/c1-9-16-8-14(17-9)12-3-2-11-7-13(15)5-4-10(11)6-12/h2-8H,1H3,(H,16,17). The first kappa shape index (κ1) is 10.5. The van der Waals surface area contributed by atoms with Gasteiger partial charge < -0.3 is 4.98 Å². The number of aromatic amines is 1. The summed E-state index contributed by atoms with van der Waals surface area (Å²) in [5.41, 5.74) is 2.23. The highest BCUT2D eigenvalue weighted by molar-refractivity contribution is 9.10. The molecular formula is C14H11BrN2. The van der Waals surface area contributed by atoms with Crippen molar-refractivity contribution in [2.24, 2.45) is 0 Å². The van der Waals surface area contributed by atoms with Gasteiger partial charge in [0.2, 0.25) is 0 Å². The summed E-state index contributed by atoms with van der Waals surface area (Å²) in [7, 11) is 0. The highest BCUT2D eigenvalue weighted by Crippen LogP contribution is 2.25. The van der Waals surface area contributed by atoms with Gasteiger partial charge in [0.1, 0.15) is 5.82 Å². The van der Waals surface area contributed by atoms with Crippen LogP contribution >= 0.6 is 15.9 Å². The minimum absolute atomic E-state index is 0.941. The van der Waals surface area contributed by atoms with Crippen LogP contribution in [0.3, 0.4) is 0 Å². The number of halogens is 1. The summed E-state index contributed by atoms with van der Waals surface area (Å²) < 4.78 is 1.11. The van der Waals surface area contributed by atoms with E-state index < -0.39 is 0 Å². The van der Waals surface area contributed by atoms with Crippen molar-refractivity contribution in [1.82, 2.24) is 9.97 Å². The van der Waals surface area contributed by atoms with Gasteiger partial charge >= 0.3 is 0 Å². The average Bonchev–Trinajstić information content (AvgIpc) is 2.75.